The number of hydrogen-bond acceptors (Lipinski definition) is 4. The van der Waals surface area contributed by atoms with E-state index in [9.17, 15) is 10.2 Å². The molecule has 0 radical (unpaired) electrons. The van der Waals surface area contributed by atoms with Crippen LogP contribution in [-0.4, -0.2) is 41.6 Å². The van der Waals surface area contributed by atoms with E-state index in [2.05, 4.69) is 12.2 Å². The van der Waals surface area contributed by atoms with Crippen molar-refractivity contribution < 1.29 is 14.9 Å². The lowest BCUT2D eigenvalue weighted by Gasteiger charge is -2.33. The Hall–Kier alpha value is -1.10. The molecule has 0 aliphatic carbocycles. The lowest BCUT2D eigenvalue weighted by atomic mass is 9.94. The Morgan fingerprint density at radius 3 is 2.55 bits per heavy atom. The van der Waals surface area contributed by atoms with Gasteiger partial charge < -0.3 is 20.3 Å². The molecule has 0 amide bonds. The van der Waals surface area contributed by atoms with Crippen molar-refractivity contribution in [1.29, 1.82) is 0 Å². The van der Waals surface area contributed by atoms with Gasteiger partial charge in [-0.15, -0.1) is 0 Å². The van der Waals surface area contributed by atoms with Crippen LogP contribution in [0.2, 0.25) is 0 Å². The van der Waals surface area contributed by atoms with Gasteiger partial charge >= 0.3 is 0 Å². The van der Waals surface area contributed by atoms with Gasteiger partial charge in [0.05, 0.1) is 5.60 Å². The molecule has 1 saturated heterocycles. The van der Waals surface area contributed by atoms with Crippen molar-refractivity contribution in [3.8, 4) is 5.75 Å². The molecule has 1 unspecified atom stereocenters. The summed E-state index contributed by atoms with van der Waals surface area (Å²) in [6.07, 6.45) is 3.41. The van der Waals surface area contributed by atoms with Crippen molar-refractivity contribution in [2.75, 3.05) is 19.8 Å². The third-order valence-electron chi connectivity index (χ3n) is 4.01. The topological polar surface area (TPSA) is 61.7 Å². The third-order valence-corrected chi connectivity index (χ3v) is 4.01. The van der Waals surface area contributed by atoms with Crippen LogP contribution in [0.3, 0.4) is 0 Å². The fraction of sp³-hybridized carbons (Fsp3) is 0.625. The number of benzene rings is 1. The molecule has 0 aromatic heterocycles. The first-order chi connectivity index (χ1) is 9.57. The highest BCUT2D eigenvalue weighted by atomic mass is 16.5. The van der Waals surface area contributed by atoms with Crippen LogP contribution in [0.4, 0.5) is 0 Å². The van der Waals surface area contributed by atoms with E-state index in [1.807, 2.05) is 12.1 Å². The standard InChI is InChI=1S/C16H25NO3/c1-13(2-3-14-4-6-15(18)7-5-14)17-12-16(19)8-10-20-11-9-16/h4-7,13,17-19H,2-3,8-12H2,1H3. The number of aromatic hydroxyl groups is 1. The molecule has 1 aliphatic rings. The smallest absolute Gasteiger partial charge is 0.115 e. The molecule has 112 valence electrons. The number of phenolic OH excluding ortho intramolecular Hbond substituents is 1. The molecule has 0 saturated carbocycles. The minimum Gasteiger partial charge on any atom is -0.508 e. The summed E-state index contributed by atoms with van der Waals surface area (Å²) in [5, 5.41) is 23.0. The van der Waals surface area contributed by atoms with Crippen molar-refractivity contribution in [3.05, 3.63) is 29.8 Å². The maximum absolute atomic E-state index is 10.4. The molecule has 0 bridgehead atoms. The number of nitrogens with one attached hydrogen (secondary N) is 1. The molecule has 4 heteroatoms. The van der Waals surface area contributed by atoms with Gasteiger partial charge in [0.1, 0.15) is 5.75 Å². The Labute approximate surface area is 120 Å². The first-order valence-corrected chi connectivity index (χ1v) is 7.39. The molecule has 0 spiro atoms. The van der Waals surface area contributed by atoms with Gasteiger partial charge in [-0.3, -0.25) is 0 Å². The van der Waals surface area contributed by atoms with Gasteiger partial charge in [-0.05, 0) is 37.5 Å². The summed E-state index contributed by atoms with van der Waals surface area (Å²) in [6.45, 7) is 4.08. The Morgan fingerprint density at radius 2 is 1.90 bits per heavy atom. The molecule has 20 heavy (non-hydrogen) atoms. The van der Waals surface area contributed by atoms with Crippen LogP contribution in [0.15, 0.2) is 24.3 Å². The van der Waals surface area contributed by atoms with Crippen LogP contribution in [0.25, 0.3) is 0 Å². The highest BCUT2D eigenvalue weighted by molar-refractivity contribution is 5.25. The molecule has 1 fully saturated rings. The van der Waals surface area contributed by atoms with Gasteiger partial charge in [0, 0.05) is 38.6 Å². The number of ether oxygens (including phenoxy) is 1. The molecule has 1 heterocycles. The fourth-order valence-electron chi connectivity index (χ4n) is 2.44. The molecule has 1 aromatic rings. The first-order valence-electron chi connectivity index (χ1n) is 7.39. The highest BCUT2D eigenvalue weighted by Crippen LogP contribution is 2.19. The Bertz CT molecular complexity index is 399. The molecular formula is C16H25NO3. The monoisotopic (exact) mass is 279 g/mol. The van der Waals surface area contributed by atoms with Crippen LogP contribution < -0.4 is 5.32 Å². The number of aryl methyl sites for hydroxylation is 1. The van der Waals surface area contributed by atoms with Crippen LogP contribution >= 0.6 is 0 Å². The quantitative estimate of drug-likeness (QED) is 0.743. The van der Waals surface area contributed by atoms with Crippen molar-refractivity contribution in [3.63, 3.8) is 0 Å². The predicted molar refractivity (Wildman–Crippen MR) is 78.9 cm³/mol. The lowest BCUT2D eigenvalue weighted by molar-refractivity contribution is -0.0626. The molecule has 2 rings (SSSR count). The zero-order valence-corrected chi connectivity index (χ0v) is 12.1. The summed E-state index contributed by atoms with van der Waals surface area (Å²) < 4.78 is 5.28. The minimum atomic E-state index is -0.606. The van der Waals surface area contributed by atoms with E-state index in [0.29, 0.717) is 44.4 Å². The van der Waals surface area contributed by atoms with Crippen molar-refractivity contribution >= 4 is 0 Å². The zero-order valence-electron chi connectivity index (χ0n) is 12.1. The minimum absolute atomic E-state index is 0.307. The predicted octanol–water partition coefficient (Wildman–Crippen LogP) is 1.84. The zero-order chi connectivity index (χ0) is 14.4. The second-order valence-electron chi connectivity index (χ2n) is 5.82. The number of phenols is 1. The maximum Gasteiger partial charge on any atom is 0.115 e. The van der Waals surface area contributed by atoms with E-state index in [-0.39, 0.29) is 0 Å². The van der Waals surface area contributed by atoms with Gasteiger partial charge in [-0.1, -0.05) is 12.1 Å². The van der Waals surface area contributed by atoms with Gasteiger partial charge in [0.2, 0.25) is 0 Å². The SMILES string of the molecule is CC(CCc1ccc(O)cc1)NCC1(O)CCOCC1. The van der Waals surface area contributed by atoms with E-state index < -0.39 is 5.60 Å². The Morgan fingerprint density at radius 1 is 1.25 bits per heavy atom. The summed E-state index contributed by atoms with van der Waals surface area (Å²) >= 11 is 0. The van der Waals surface area contributed by atoms with E-state index in [4.69, 9.17) is 4.74 Å². The highest BCUT2D eigenvalue weighted by Gasteiger charge is 2.29. The number of aliphatic hydroxyl groups is 1. The molecule has 1 aliphatic heterocycles. The van der Waals surface area contributed by atoms with Gasteiger partial charge in [0.15, 0.2) is 0 Å². The average molecular weight is 279 g/mol. The van der Waals surface area contributed by atoms with Crippen molar-refractivity contribution in [2.24, 2.45) is 0 Å². The summed E-state index contributed by atoms with van der Waals surface area (Å²) in [5.74, 6) is 0.307. The molecule has 1 aromatic carbocycles. The van der Waals surface area contributed by atoms with Crippen LogP contribution in [-0.2, 0) is 11.2 Å². The molecular weight excluding hydrogens is 254 g/mol. The van der Waals surface area contributed by atoms with Crippen LogP contribution in [0, 0.1) is 0 Å². The summed E-state index contributed by atoms with van der Waals surface area (Å²) in [6, 6.07) is 7.70. The molecule has 3 N–H and O–H groups in total. The summed E-state index contributed by atoms with van der Waals surface area (Å²) in [4.78, 5) is 0. The summed E-state index contributed by atoms with van der Waals surface area (Å²) in [5.41, 5.74) is 0.617. The lowest BCUT2D eigenvalue weighted by Crippen LogP contribution is -2.47. The van der Waals surface area contributed by atoms with Crippen molar-refractivity contribution in [1.82, 2.24) is 5.32 Å². The average Bonchev–Trinajstić information content (AvgIpc) is 2.45. The summed E-state index contributed by atoms with van der Waals surface area (Å²) in [7, 11) is 0. The van der Waals surface area contributed by atoms with E-state index >= 15 is 0 Å². The normalized spacial score (nSPS) is 19.7. The Kier molecular flexibility index (Phi) is 5.40. The van der Waals surface area contributed by atoms with Gasteiger partial charge in [-0.25, -0.2) is 0 Å². The van der Waals surface area contributed by atoms with Gasteiger partial charge in [-0.2, -0.15) is 0 Å². The van der Waals surface area contributed by atoms with E-state index in [1.54, 1.807) is 12.1 Å². The van der Waals surface area contributed by atoms with Crippen molar-refractivity contribution in [2.45, 2.75) is 44.2 Å². The maximum atomic E-state index is 10.4. The molecule has 4 nitrogen and oxygen atoms in total. The van der Waals surface area contributed by atoms with Crippen LogP contribution in [0.5, 0.6) is 5.75 Å². The van der Waals surface area contributed by atoms with E-state index in [0.717, 1.165) is 12.8 Å². The first kappa shape index (κ1) is 15.3. The van der Waals surface area contributed by atoms with Gasteiger partial charge in [0.25, 0.3) is 0 Å². The number of hydrogen-bond donors (Lipinski definition) is 3. The second kappa shape index (κ2) is 7.07. The molecule has 1 atom stereocenters. The third kappa shape index (κ3) is 4.78. The Balaban J connectivity index is 1.69. The second-order valence-corrected chi connectivity index (χ2v) is 5.82. The van der Waals surface area contributed by atoms with Crippen LogP contribution in [0.1, 0.15) is 31.7 Å². The number of rotatable bonds is 6. The largest absolute Gasteiger partial charge is 0.508 e. The van der Waals surface area contributed by atoms with E-state index in [1.165, 1.54) is 5.56 Å². The fourth-order valence-corrected chi connectivity index (χ4v) is 2.44.